The Labute approximate surface area is 190 Å². The fourth-order valence-corrected chi connectivity index (χ4v) is 4.41. The molecule has 0 bridgehead atoms. The van der Waals surface area contributed by atoms with Gasteiger partial charge in [0, 0.05) is 24.3 Å². The third-order valence-electron chi connectivity index (χ3n) is 4.56. The summed E-state index contributed by atoms with van der Waals surface area (Å²) in [6.07, 6.45) is 0. The first-order valence-corrected chi connectivity index (χ1v) is 10.5. The van der Waals surface area contributed by atoms with E-state index in [1.54, 1.807) is 28.8 Å². The van der Waals surface area contributed by atoms with Crippen LogP contribution in [0.25, 0.3) is 5.69 Å². The van der Waals surface area contributed by atoms with Gasteiger partial charge in [-0.15, -0.1) is 0 Å². The molecular formula is C21H15N5O4S2. The van der Waals surface area contributed by atoms with Gasteiger partial charge in [0.1, 0.15) is 0 Å². The van der Waals surface area contributed by atoms with Crippen molar-refractivity contribution in [2.45, 2.75) is 6.54 Å². The average molecular weight is 466 g/mol. The topological polar surface area (TPSA) is 108 Å². The first kappa shape index (κ1) is 21.3. The molecule has 1 aromatic heterocycles. The number of hydrogen-bond donors (Lipinski definition) is 0. The van der Waals surface area contributed by atoms with Crippen LogP contribution in [0, 0.1) is 25.0 Å². The van der Waals surface area contributed by atoms with Gasteiger partial charge < -0.3 is 0 Å². The minimum atomic E-state index is -0.471. The van der Waals surface area contributed by atoms with E-state index in [-0.39, 0.29) is 11.4 Å². The lowest BCUT2D eigenvalue weighted by atomic mass is 10.2. The van der Waals surface area contributed by atoms with Crippen molar-refractivity contribution in [2.75, 3.05) is 0 Å². The minimum Gasteiger partial charge on any atom is -0.266 e. The van der Waals surface area contributed by atoms with Crippen LogP contribution < -0.4 is 4.80 Å². The Hall–Kier alpha value is -3.96. The van der Waals surface area contributed by atoms with E-state index in [0.717, 1.165) is 5.56 Å². The maximum absolute atomic E-state index is 11.0. The van der Waals surface area contributed by atoms with E-state index in [9.17, 15) is 20.2 Å². The van der Waals surface area contributed by atoms with E-state index in [2.05, 4.69) is 4.99 Å². The summed E-state index contributed by atoms with van der Waals surface area (Å²) in [4.78, 5) is 26.2. The van der Waals surface area contributed by atoms with Crippen molar-refractivity contribution in [3.8, 4) is 5.69 Å². The largest absolute Gasteiger partial charge is 0.269 e. The summed E-state index contributed by atoms with van der Waals surface area (Å²) >= 11 is 7.04. The zero-order valence-electron chi connectivity index (χ0n) is 16.4. The maximum Gasteiger partial charge on any atom is 0.269 e. The summed E-state index contributed by atoms with van der Waals surface area (Å²) in [6.45, 7) is 0.535. The number of hydrogen-bond acceptors (Lipinski definition) is 7. The molecule has 0 radical (unpaired) electrons. The van der Waals surface area contributed by atoms with Crippen molar-refractivity contribution >= 4 is 40.8 Å². The molecule has 0 unspecified atom stereocenters. The van der Waals surface area contributed by atoms with Crippen molar-refractivity contribution in [3.05, 3.63) is 114 Å². The fraction of sp³-hybridized carbons (Fsp3) is 0.0476. The number of non-ortho nitro benzene ring substituents is 2. The second-order valence-electron chi connectivity index (χ2n) is 6.67. The van der Waals surface area contributed by atoms with Gasteiger partial charge in [0.05, 0.1) is 27.8 Å². The molecule has 11 heteroatoms. The van der Waals surface area contributed by atoms with Gasteiger partial charge in [0.2, 0.25) is 4.80 Å². The van der Waals surface area contributed by atoms with Gasteiger partial charge >= 0.3 is 0 Å². The molecule has 32 heavy (non-hydrogen) atoms. The standard InChI is InChI=1S/C21H15N5O4S2/c27-25(28)18-8-6-16(7-9-18)22-20-24(17-10-12-19(13-11-17)26(29)30)21(31)23(32-20)14-15-4-2-1-3-5-15/h1-13H,14H2. The Morgan fingerprint density at radius 3 is 1.97 bits per heavy atom. The Balaban J connectivity index is 1.84. The summed E-state index contributed by atoms with van der Waals surface area (Å²) in [5.41, 5.74) is 2.16. The van der Waals surface area contributed by atoms with Gasteiger partial charge in [-0.2, -0.15) is 0 Å². The molecule has 0 aliphatic rings. The van der Waals surface area contributed by atoms with Gasteiger partial charge in [0.25, 0.3) is 11.4 Å². The van der Waals surface area contributed by atoms with Crippen LogP contribution in [-0.2, 0) is 6.54 Å². The molecule has 0 amide bonds. The highest BCUT2D eigenvalue weighted by Crippen LogP contribution is 2.20. The summed E-state index contributed by atoms with van der Waals surface area (Å²) < 4.78 is 4.11. The van der Waals surface area contributed by atoms with Crippen molar-refractivity contribution in [3.63, 3.8) is 0 Å². The second kappa shape index (κ2) is 9.04. The highest BCUT2D eigenvalue weighted by Gasteiger charge is 2.12. The lowest BCUT2D eigenvalue weighted by molar-refractivity contribution is -0.385. The molecule has 0 aliphatic carbocycles. The summed E-state index contributed by atoms with van der Waals surface area (Å²) in [5, 5.41) is 21.9. The summed E-state index contributed by atoms with van der Waals surface area (Å²) in [7, 11) is 0. The van der Waals surface area contributed by atoms with Crippen LogP contribution in [0.3, 0.4) is 0 Å². The van der Waals surface area contributed by atoms with Gasteiger partial charge in [-0.25, -0.2) is 4.99 Å². The number of aromatic nitrogens is 2. The maximum atomic E-state index is 11.0. The van der Waals surface area contributed by atoms with Gasteiger partial charge in [-0.3, -0.25) is 28.8 Å². The van der Waals surface area contributed by atoms with Crippen LogP contribution in [0.1, 0.15) is 5.56 Å². The summed E-state index contributed by atoms with van der Waals surface area (Å²) in [5.74, 6) is 0. The van der Waals surface area contributed by atoms with Crippen molar-refractivity contribution in [1.82, 2.24) is 8.52 Å². The van der Waals surface area contributed by atoms with Crippen LogP contribution >= 0.6 is 23.8 Å². The molecule has 4 aromatic rings. The average Bonchev–Trinajstić information content (AvgIpc) is 3.09. The molecule has 0 spiro atoms. The molecule has 0 fully saturated rings. The zero-order valence-corrected chi connectivity index (χ0v) is 18.0. The van der Waals surface area contributed by atoms with E-state index in [1.165, 1.54) is 35.8 Å². The fourth-order valence-electron chi connectivity index (χ4n) is 2.99. The molecular weight excluding hydrogens is 450 g/mol. The Kier molecular flexibility index (Phi) is 6.01. The van der Waals surface area contributed by atoms with Crippen LogP contribution in [0.2, 0.25) is 0 Å². The second-order valence-corrected chi connectivity index (χ2v) is 8.03. The quantitative estimate of drug-likeness (QED) is 0.222. The molecule has 0 saturated carbocycles. The molecule has 1 heterocycles. The lowest BCUT2D eigenvalue weighted by Crippen LogP contribution is -2.12. The third-order valence-corrected chi connectivity index (χ3v) is 6.04. The molecule has 4 rings (SSSR count). The molecule has 9 nitrogen and oxygen atoms in total. The van der Waals surface area contributed by atoms with Crippen LogP contribution in [0.5, 0.6) is 0 Å². The zero-order chi connectivity index (χ0) is 22.7. The van der Waals surface area contributed by atoms with Crippen LogP contribution in [-0.4, -0.2) is 18.4 Å². The molecule has 0 N–H and O–H groups in total. The van der Waals surface area contributed by atoms with E-state index in [1.807, 2.05) is 34.3 Å². The number of nitrogens with zero attached hydrogens (tertiary/aromatic N) is 5. The summed E-state index contributed by atoms with van der Waals surface area (Å²) in [6, 6.07) is 21.7. The predicted octanol–water partition coefficient (Wildman–Crippen LogP) is 5.17. The van der Waals surface area contributed by atoms with Crippen molar-refractivity contribution in [2.24, 2.45) is 4.99 Å². The van der Waals surface area contributed by atoms with Crippen LogP contribution in [0.15, 0.2) is 83.9 Å². The van der Waals surface area contributed by atoms with Crippen molar-refractivity contribution < 1.29 is 9.85 Å². The van der Waals surface area contributed by atoms with Crippen molar-refractivity contribution in [1.29, 1.82) is 0 Å². The van der Waals surface area contributed by atoms with E-state index in [0.29, 0.717) is 27.5 Å². The third kappa shape index (κ3) is 4.53. The number of nitro groups is 2. The first-order chi connectivity index (χ1) is 15.4. The number of rotatable bonds is 6. The van der Waals surface area contributed by atoms with E-state index >= 15 is 0 Å². The molecule has 0 saturated heterocycles. The Bertz CT molecular complexity index is 1410. The molecule has 0 aliphatic heterocycles. The Morgan fingerprint density at radius 1 is 0.844 bits per heavy atom. The lowest BCUT2D eigenvalue weighted by Gasteiger charge is -2.04. The molecule has 160 valence electrons. The SMILES string of the molecule is O=[N+]([O-])c1ccc(N=c2sn(Cc3ccccc3)c(=S)n2-c2ccc([N+](=O)[O-])cc2)cc1. The van der Waals surface area contributed by atoms with E-state index < -0.39 is 9.85 Å². The highest BCUT2D eigenvalue weighted by atomic mass is 32.1. The highest BCUT2D eigenvalue weighted by molar-refractivity contribution is 7.71. The monoisotopic (exact) mass is 465 g/mol. The van der Waals surface area contributed by atoms with E-state index in [4.69, 9.17) is 12.2 Å². The van der Waals surface area contributed by atoms with Gasteiger partial charge in [-0.05, 0) is 53.6 Å². The van der Waals surface area contributed by atoms with Crippen LogP contribution in [0.4, 0.5) is 17.1 Å². The van der Waals surface area contributed by atoms with Gasteiger partial charge in [0.15, 0.2) is 4.77 Å². The number of nitro benzene ring substituents is 2. The Morgan fingerprint density at radius 2 is 1.41 bits per heavy atom. The predicted molar refractivity (Wildman–Crippen MR) is 123 cm³/mol. The molecule has 0 atom stereocenters. The molecule has 3 aromatic carbocycles. The first-order valence-electron chi connectivity index (χ1n) is 9.33. The normalized spacial score (nSPS) is 11.4. The minimum absolute atomic E-state index is 0.0264. The van der Waals surface area contributed by atoms with Gasteiger partial charge in [-0.1, -0.05) is 30.3 Å². The smallest absolute Gasteiger partial charge is 0.266 e. The number of benzene rings is 3.